The number of carbonyl (C=O) groups is 1. The van der Waals surface area contributed by atoms with E-state index in [2.05, 4.69) is 0 Å². The predicted molar refractivity (Wildman–Crippen MR) is 59.7 cm³/mol. The maximum Gasteiger partial charge on any atom is 0.416 e. The summed E-state index contributed by atoms with van der Waals surface area (Å²) in [7, 11) is 0. The van der Waals surface area contributed by atoms with Gasteiger partial charge in [0.2, 0.25) is 0 Å². The molecule has 1 aromatic carbocycles. The summed E-state index contributed by atoms with van der Waals surface area (Å²) in [6, 6.07) is 2.33. The second kappa shape index (κ2) is 4.04. The number of nitrogens with zero attached hydrogens (tertiary/aromatic N) is 1. The predicted octanol–water partition coefficient (Wildman–Crippen LogP) is 3.23. The number of nitro benzene ring substituents is 1. The number of Topliss-reactive ketones (excluding diaryl/α,β-unsaturated/α-hetero) is 1. The Morgan fingerprint density at radius 2 is 1.95 bits per heavy atom. The molecule has 0 N–H and O–H groups in total. The van der Waals surface area contributed by atoms with Crippen LogP contribution in [0.5, 0.6) is 0 Å². The highest BCUT2D eigenvalue weighted by Gasteiger charge is 2.52. The van der Waals surface area contributed by atoms with Crippen LogP contribution in [0.3, 0.4) is 0 Å². The minimum Gasteiger partial charge on any atom is -0.299 e. The Kier molecular flexibility index (Phi) is 2.87. The molecule has 0 atom stereocenters. The number of hydrogen-bond donors (Lipinski definition) is 0. The summed E-state index contributed by atoms with van der Waals surface area (Å²) in [6.07, 6.45) is -3.76. The molecule has 2 rings (SSSR count). The molecule has 0 aliphatic heterocycles. The lowest BCUT2D eigenvalue weighted by Gasteiger charge is -2.14. The first-order chi connectivity index (χ1) is 8.68. The summed E-state index contributed by atoms with van der Waals surface area (Å²) in [5.41, 5.74) is -2.60. The molecule has 102 valence electrons. The Morgan fingerprint density at radius 1 is 1.37 bits per heavy atom. The van der Waals surface area contributed by atoms with Gasteiger partial charge in [-0.2, -0.15) is 13.2 Å². The van der Waals surface area contributed by atoms with Gasteiger partial charge in [-0.15, -0.1) is 0 Å². The number of carbonyl (C=O) groups excluding carboxylic acids is 1. The van der Waals surface area contributed by atoms with Crippen molar-refractivity contribution in [2.75, 3.05) is 0 Å². The summed E-state index contributed by atoms with van der Waals surface area (Å²) in [6.45, 7) is 1.30. The minimum atomic E-state index is -4.64. The fourth-order valence-electron chi connectivity index (χ4n) is 2.20. The van der Waals surface area contributed by atoms with Crippen molar-refractivity contribution in [3.8, 4) is 0 Å². The number of benzene rings is 1. The first kappa shape index (κ1) is 13.5. The van der Waals surface area contributed by atoms with Crippen LogP contribution in [-0.2, 0) is 16.4 Å². The van der Waals surface area contributed by atoms with Crippen LogP contribution in [0.15, 0.2) is 18.2 Å². The van der Waals surface area contributed by atoms with Crippen molar-refractivity contribution < 1.29 is 22.9 Å². The van der Waals surface area contributed by atoms with Gasteiger partial charge in [-0.05, 0) is 25.8 Å². The molecule has 0 bridgehead atoms. The molecular weight excluding hydrogens is 263 g/mol. The SMILES string of the molecule is CC(=O)C1(c2ccc(C(F)(F)F)cc2[N+](=O)[O-])CC1. The van der Waals surface area contributed by atoms with E-state index in [1.807, 2.05) is 0 Å². The van der Waals surface area contributed by atoms with E-state index in [0.717, 1.165) is 12.1 Å². The zero-order chi connectivity index (χ0) is 14.4. The van der Waals surface area contributed by atoms with E-state index in [-0.39, 0.29) is 11.3 Å². The topological polar surface area (TPSA) is 60.2 Å². The molecule has 19 heavy (non-hydrogen) atoms. The van der Waals surface area contributed by atoms with Crippen LogP contribution in [0.1, 0.15) is 30.9 Å². The quantitative estimate of drug-likeness (QED) is 0.627. The molecule has 0 unspecified atom stereocenters. The molecule has 0 heterocycles. The molecule has 0 amide bonds. The molecule has 1 saturated carbocycles. The zero-order valence-corrected chi connectivity index (χ0v) is 9.95. The van der Waals surface area contributed by atoms with E-state index < -0.39 is 27.8 Å². The van der Waals surface area contributed by atoms with Crippen molar-refractivity contribution in [2.24, 2.45) is 0 Å². The average Bonchev–Trinajstić information content (AvgIpc) is 3.07. The lowest BCUT2D eigenvalue weighted by molar-refractivity contribution is -0.386. The van der Waals surface area contributed by atoms with Gasteiger partial charge < -0.3 is 0 Å². The molecular formula is C12H10F3NO3. The third-order valence-corrected chi connectivity index (χ3v) is 3.46. The molecule has 0 radical (unpaired) electrons. The number of ketones is 1. The highest BCUT2D eigenvalue weighted by Crippen LogP contribution is 2.52. The van der Waals surface area contributed by atoms with Crippen molar-refractivity contribution in [3.05, 3.63) is 39.4 Å². The third-order valence-electron chi connectivity index (χ3n) is 3.46. The molecule has 1 aliphatic carbocycles. The number of nitro groups is 1. The Bertz CT molecular complexity index is 562. The van der Waals surface area contributed by atoms with Gasteiger partial charge in [-0.3, -0.25) is 14.9 Å². The summed E-state index contributed by atoms with van der Waals surface area (Å²) in [5, 5.41) is 10.9. The fourth-order valence-corrected chi connectivity index (χ4v) is 2.20. The van der Waals surface area contributed by atoms with Crippen molar-refractivity contribution >= 4 is 11.5 Å². The van der Waals surface area contributed by atoms with Gasteiger partial charge >= 0.3 is 6.18 Å². The molecule has 7 heteroatoms. The van der Waals surface area contributed by atoms with Crippen molar-refractivity contribution in [1.82, 2.24) is 0 Å². The largest absolute Gasteiger partial charge is 0.416 e. The Labute approximate surface area is 106 Å². The van der Waals surface area contributed by atoms with Crippen molar-refractivity contribution in [3.63, 3.8) is 0 Å². The van der Waals surface area contributed by atoms with E-state index in [1.54, 1.807) is 0 Å². The summed E-state index contributed by atoms with van der Waals surface area (Å²) >= 11 is 0. The first-order valence-corrected chi connectivity index (χ1v) is 5.55. The van der Waals surface area contributed by atoms with Crippen LogP contribution in [0.4, 0.5) is 18.9 Å². The molecule has 1 fully saturated rings. The van der Waals surface area contributed by atoms with E-state index in [4.69, 9.17) is 0 Å². The summed E-state index contributed by atoms with van der Waals surface area (Å²) in [5.74, 6) is -0.254. The second-order valence-corrected chi connectivity index (χ2v) is 4.63. The van der Waals surface area contributed by atoms with Crippen molar-refractivity contribution in [2.45, 2.75) is 31.4 Å². The number of halogens is 3. The number of alkyl halides is 3. The second-order valence-electron chi connectivity index (χ2n) is 4.63. The van der Waals surface area contributed by atoms with Gasteiger partial charge in [0.05, 0.1) is 15.9 Å². The zero-order valence-electron chi connectivity index (χ0n) is 9.95. The average molecular weight is 273 g/mol. The molecule has 4 nitrogen and oxygen atoms in total. The van der Waals surface area contributed by atoms with E-state index in [9.17, 15) is 28.1 Å². The van der Waals surface area contributed by atoms with Crippen molar-refractivity contribution in [1.29, 1.82) is 0 Å². The minimum absolute atomic E-state index is 0.0815. The maximum atomic E-state index is 12.5. The summed E-state index contributed by atoms with van der Waals surface area (Å²) < 4.78 is 37.6. The Balaban J connectivity index is 2.58. The highest BCUT2D eigenvalue weighted by molar-refractivity contribution is 5.92. The standard InChI is InChI=1S/C12H10F3NO3/c1-7(17)11(4-5-11)9-3-2-8(12(13,14)15)6-10(9)16(18)19/h2-3,6H,4-5H2,1H3. The Morgan fingerprint density at radius 3 is 2.32 bits per heavy atom. The molecule has 0 saturated heterocycles. The molecule has 1 aromatic rings. The smallest absolute Gasteiger partial charge is 0.299 e. The maximum absolute atomic E-state index is 12.5. The van der Waals surface area contributed by atoms with Crippen LogP contribution in [0, 0.1) is 10.1 Å². The van der Waals surface area contributed by atoms with Crippen LogP contribution in [-0.4, -0.2) is 10.7 Å². The van der Waals surface area contributed by atoms with E-state index in [0.29, 0.717) is 18.9 Å². The third kappa shape index (κ3) is 2.20. The first-order valence-electron chi connectivity index (χ1n) is 5.55. The monoisotopic (exact) mass is 273 g/mol. The normalized spacial score (nSPS) is 17.1. The van der Waals surface area contributed by atoms with Gasteiger partial charge in [-0.1, -0.05) is 6.07 Å². The number of hydrogen-bond acceptors (Lipinski definition) is 3. The Hall–Kier alpha value is -1.92. The van der Waals surface area contributed by atoms with Gasteiger partial charge in [0, 0.05) is 11.6 Å². The van der Waals surface area contributed by atoms with E-state index in [1.165, 1.54) is 6.92 Å². The molecule has 0 spiro atoms. The van der Waals surface area contributed by atoms with Gasteiger partial charge in [0.1, 0.15) is 5.78 Å². The van der Waals surface area contributed by atoms with Gasteiger partial charge in [0.25, 0.3) is 5.69 Å². The lowest BCUT2D eigenvalue weighted by atomic mass is 9.90. The van der Waals surface area contributed by atoms with Crippen LogP contribution < -0.4 is 0 Å². The summed E-state index contributed by atoms with van der Waals surface area (Å²) in [4.78, 5) is 21.6. The molecule has 1 aliphatic rings. The van der Waals surface area contributed by atoms with Crippen LogP contribution in [0.2, 0.25) is 0 Å². The van der Waals surface area contributed by atoms with Gasteiger partial charge in [0.15, 0.2) is 0 Å². The van der Waals surface area contributed by atoms with Gasteiger partial charge in [-0.25, -0.2) is 0 Å². The fraction of sp³-hybridized carbons (Fsp3) is 0.417. The molecule has 0 aromatic heterocycles. The number of rotatable bonds is 3. The lowest BCUT2D eigenvalue weighted by Crippen LogP contribution is -2.19. The van der Waals surface area contributed by atoms with Crippen LogP contribution >= 0.6 is 0 Å². The highest BCUT2D eigenvalue weighted by atomic mass is 19.4. The van der Waals surface area contributed by atoms with E-state index >= 15 is 0 Å². The van der Waals surface area contributed by atoms with Crippen LogP contribution in [0.25, 0.3) is 0 Å².